The van der Waals surface area contributed by atoms with Gasteiger partial charge in [0.1, 0.15) is 0 Å². The van der Waals surface area contributed by atoms with Crippen LogP contribution in [-0.2, 0) is 16.1 Å². The van der Waals surface area contributed by atoms with Gasteiger partial charge >= 0.3 is 5.97 Å². The number of methoxy groups -OCH3 is 3. The first-order valence-electron chi connectivity index (χ1n) is 8.67. The van der Waals surface area contributed by atoms with Crippen LogP contribution in [0.25, 0.3) is 17.5 Å². The lowest BCUT2D eigenvalue weighted by Gasteiger charge is -2.12. The van der Waals surface area contributed by atoms with Crippen LogP contribution >= 0.6 is 0 Å². The summed E-state index contributed by atoms with van der Waals surface area (Å²) in [5, 5.41) is 7.83. The quantitative estimate of drug-likeness (QED) is 0.422. The molecule has 0 aliphatic carbocycles. The Morgan fingerprint density at radius 1 is 1.00 bits per heavy atom. The lowest BCUT2D eigenvalue weighted by Crippen LogP contribution is -2.01. The SMILES string of the molecule is COc1cc(/C=C/C(=O)OCc2nnc(-c3ccccc3)o2)cc(OC)c1OC. The second-order valence-electron chi connectivity index (χ2n) is 5.77. The van der Waals surface area contributed by atoms with Gasteiger partial charge in [-0.3, -0.25) is 0 Å². The highest BCUT2D eigenvalue weighted by molar-refractivity contribution is 5.87. The van der Waals surface area contributed by atoms with Gasteiger partial charge in [-0.1, -0.05) is 18.2 Å². The average molecular weight is 396 g/mol. The molecule has 0 saturated heterocycles. The summed E-state index contributed by atoms with van der Waals surface area (Å²) in [5.74, 6) is 1.46. The first kappa shape index (κ1) is 19.9. The van der Waals surface area contributed by atoms with Crippen LogP contribution in [0.5, 0.6) is 17.2 Å². The van der Waals surface area contributed by atoms with E-state index in [1.807, 2.05) is 30.3 Å². The number of carbonyl (C=O) groups is 1. The highest BCUT2D eigenvalue weighted by Crippen LogP contribution is 2.38. The highest BCUT2D eigenvalue weighted by atomic mass is 16.5. The predicted octanol–water partition coefficient (Wildman–Crippen LogP) is 3.52. The first-order valence-corrected chi connectivity index (χ1v) is 8.67. The van der Waals surface area contributed by atoms with Crippen molar-refractivity contribution in [2.24, 2.45) is 0 Å². The van der Waals surface area contributed by atoms with Gasteiger partial charge in [-0.15, -0.1) is 10.2 Å². The van der Waals surface area contributed by atoms with E-state index < -0.39 is 5.97 Å². The molecule has 0 unspecified atom stereocenters. The minimum Gasteiger partial charge on any atom is -0.493 e. The fourth-order valence-electron chi connectivity index (χ4n) is 2.55. The van der Waals surface area contributed by atoms with Gasteiger partial charge in [0.25, 0.3) is 5.89 Å². The second-order valence-corrected chi connectivity index (χ2v) is 5.77. The van der Waals surface area contributed by atoms with Gasteiger partial charge in [-0.2, -0.15) is 0 Å². The molecule has 0 bridgehead atoms. The fraction of sp³-hybridized carbons (Fsp3) is 0.190. The molecule has 1 aromatic heterocycles. The van der Waals surface area contributed by atoms with E-state index in [-0.39, 0.29) is 12.5 Å². The van der Waals surface area contributed by atoms with Crippen molar-refractivity contribution >= 4 is 12.0 Å². The molecule has 0 fully saturated rings. The van der Waals surface area contributed by atoms with Crippen molar-refractivity contribution in [3.05, 3.63) is 60.0 Å². The Morgan fingerprint density at radius 3 is 2.31 bits per heavy atom. The predicted molar refractivity (Wildman–Crippen MR) is 105 cm³/mol. The monoisotopic (exact) mass is 396 g/mol. The fourth-order valence-corrected chi connectivity index (χ4v) is 2.55. The maximum Gasteiger partial charge on any atom is 0.331 e. The molecule has 8 heteroatoms. The standard InChI is InChI=1S/C21H20N2O6/c1-25-16-11-14(12-17(26-2)20(16)27-3)9-10-19(24)28-13-18-22-23-21(29-18)15-7-5-4-6-8-15/h4-12H,13H2,1-3H3/b10-9+. The molecule has 3 rings (SSSR count). The van der Waals surface area contributed by atoms with Crippen LogP contribution in [-0.4, -0.2) is 37.5 Å². The van der Waals surface area contributed by atoms with Crippen LogP contribution in [0.3, 0.4) is 0 Å². The molecule has 0 amide bonds. The van der Waals surface area contributed by atoms with Crippen molar-refractivity contribution in [2.45, 2.75) is 6.61 Å². The molecule has 0 aliphatic rings. The van der Waals surface area contributed by atoms with E-state index >= 15 is 0 Å². The van der Waals surface area contributed by atoms with Crippen LogP contribution in [0.4, 0.5) is 0 Å². The second kappa shape index (κ2) is 9.41. The van der Waals surface area contributed by atoms with Gasteiger partial charge in [0, 0.05) is 11.6 Å². The van der Waals surface area contributed by atoms with Gasteiger partial charge in [0.05, 0.1) is 21.3 Å². The molecule has 150 valence electrons. The van der Waals surface area contributed by atoms with Gasteiger partial charge in [0.2, 0.25) is 11.6 Å². The molecule has 0 spiro atoms. The summed E-state index contributed by atoms with van der Waals surface area (Å²) >= 11 is 0. The van der Waals surface area contributed by atoms with Crippen molar-refractivity contribution in [1.29, 1.82) is 0 Å². The van der Waals surface area contributed by atoms with Crippen LogP contribution in [0, 0.1) is 0 Å². The van der Waals surface area contributed by atoms with Gasteiger partial charge in [-0.05, 0) is 35.9 Å². The summed E-state index contributed by atoms with van der Waals surface area (Å²) in [4.78, 5) is 12.0. The summed E-state index contributed by atoms with van der Waals surface area (Å²) < 4.78 is 26.5. The Hall–Kier alpha value is -3.81. The lowest BCUT2D eigenvalue weighted by atomic mass is 10.1. The Kier molecular flexibility index (Phi) is 6.47. The molecular formula is C21H20N2O6. The van der Waals surface area contributed by atoms with Crippen LogP contribution in [0.15, 0.2) is 53.0 Å². The first-order chi connectivity index (χ1) is 14.1. The maximum atomic E-state index is 12.0. The molecule has 29 heavy (non-hydrogen) atoms. The minimum atomic E-state index is -0.557. The van der Waals surface area contributed by atoms with Gasteiger partial charge in [-0.25, -0.2) is 4.79 Å². The number of hydrogen-bond acceptors (Lipinski definition) is 8. The summed E-state index contributed by atoms with van der Waals surface area (Å²) in [6, 6.07) is 12.8. The number of esters is 1. The van der Waals surface area contributed by atoms with Gasteiger partial charge < -0.3 is 23.4 Å². The summed E-state index contributed by atoms with van der Waals surface area (Å²) in [5.41, 5.74) is 1.47. The van der Waals surface area contributed by atoms with E-state index in [4.69, 9.17) is 23.4 Å². The Bertz CT molecular complexity index is 972. The van der Waals surface area contributed by atoms with Crippen molar-refractivity contribution in [1.82, 2.24) is 10.2 Å². The van der Waals surface area contributed by atoms with Crippen molar-refractivity contribution in [2.75, 3.05) is 21.3 Å². The van der Waals surface area contributed by atoms with E-state index in [0.29, 0.717) is 28.7 Å². The van der Waals surface area contributed by atoms with E-state index in [2.05, 4.69) is 10.2 Å². The van der Waals surface area contributed by atoms with Crippen LogP contribution in [0.1, 0.15) is 11.5 Å². The Balaban J connectivity index is 1.62. The Morgan fingerprint density at radius 2 is 1.69 bits per heavy atom. The van der Waals surface area contributed by atoms with E-state index in [0.717, 1.165) is 5.56 Å². The van der Waals surface area contributed by atoms with Gasteiger partial charge in [0.15, 0.2) is 18.1 Å². The third-order valence-corrected chi connectivity index (χ3v) is 3.92. The third kappa shape index (κ3) is 4.92. The average Bonchev–Trinajstić information content (AvgIpc) is 3.25. The largest absolute Gasteiger partial charge is 0.493 e. The number of nitrogens with zero attached hydrogens (tertiary/aromatic N) is 2. The van der Waals surface area contributed by atoms with Crippen molar-refractivity contribution in [3.63, 3.8) is 0 Å². The lowest BCUT2D eigenvalue weighted by molar-refractivity contribution is -0.139. The summed E-state index contributed by atoms with van der Waals surface area (Å²) in [7, 11) is 4.56. The molecule has 1 heterocycles. The minimum absolute atomic E-state index is 0.127. The summed E-state index contributed by atoms with van der Waals surface area (Å²) in [6.45, 7) is -0.127. The van der Waals surface area contributed by atoms with E-state index in [1.54, 1.807) is 18.2 Å². The third-order valence-electron chi connectivity index (χ3n) is 3.92. The molecule has 0 aliphatic heterocycles. The highest BCUT2D eigenvalue weighted by Gasteiger charge is 2.13. The molecule has 2 aromatic carbocycles. The number of carbonyl (C=O) groups excluding carboxylic acids is 1. The number of hydrogen-bond donors (Lipinski definition) is 0. The van der Waals surface area contributed by atoms with E-state index in [9.17, 15) is 4.79 Å². The molecule has 0 radical (unpaired) electrons. The number of rotatable bonds is 8. The molecule has 8 nitrogen and oxygen atoms in total. The Labute approximate surface area is 167 Å². The van der Waals surface area contributed by atoms with Crippen LogP contribution < -0.4 is 14.2 Å². The summed E-state index contributed by atoms with van der Waals surface area (Å²) in [6.07, 6.45) is 2.87. The number of aromatic nitrogens is 2. The van der Waals surface area contributed by atoms with E-state index in [1.165, 1.54) is 27.4 Å². The molecule has 3 aromatic rings. The zero-order valence-electron chi connectivity index (χ0n) is 16.2. The molecule has 0 atom stereocenters. The molecular weight excluding hydrogens is 376 g/mol. The van der Waals surface area contributed by atoms with Crippen LogP contribution in [0.2, 0.25) is 0 Å². The molecule has 0 saturated carbocycles. The zero-order valence-corrected chi connectivity index (χ0v) is 16.2. The number of benzene rings is 2. The topological polar surface area (TPSA) is 92.9 Å². The smallest absolute Gasteiger partial charge is 0.331 e. The maximum absolute atomic E-state index is 12.0. The molecule has 0 N–H and O–H groups in total. The van der Waals surface area contributed by atoms with Crippen molar-refractivity contribution < 1.29 is 28.2 Å². The normalized spacial score (nSPS) is 10.7. The zero-order chi connectivity index (χ0) is 20.6. The van der Waals surface area contributed by atoms with Crippen molar-refractivity contribution in [3.8, 4) is 28.7 Å². The number of ether oxygens (including phenoxy) is 4.